The Morgan fingerprint density at radius 1 is 0.727 bits per heavy atom. The number of aryl methyl sites for hydroxylation is 1. The van der Waals surface area contributed by atoms with Gasteiger partial charge in [0.25, 0.3) is 0 Å². The molecule has 0 atom stereocenters. The Kier molecular flexibility index (Phi) is 3.31. The predicted octanol–water partition coefficient (Wildman–Crippen LogP) is 5.88. The minimum atomic E-state index is 1.05. The summed E-state index contributed by atoms with van der Waals surface area (Å²) in [5.41, 5.74) is 9.90. The average Bonchev–Trinajstić information content (AvgIpc) is 2.95. The molecule has 0 N–H and O–H groups in total. The first-order chi connectivity index (χ1) is 10.9. The quantitative estimate of drug-likeness (QED) is 0.441. The predicted molar refractivity (Wildman–Crippen MR) is 94.1 cm³/mol. The van der Waals surface area contributed by atoms with Crippen molar-refractivity contribution in [3.8, 4) is 22.3 Å². The van der Waals surface area contributed by atoms with E-state index < -0.39 is 0 Å². The summed E-state index contributed by atoms with van der Waals surface area (Å²) in [6.07, 6.45) is 3.42. The van der Waals surface area contributed by atoms with Gasteiger partial charge in [-0.25, -0.2) is 0 Å². The molecule has 0 radical (unpaired) electrons. The largest absolute Gasteiger partial charge is 0.0651 e. The number of benzene rings is 3. The standard InChI is InChI=1S/C22H20/c1-2-6-16-11-13-17(14-12-16)19-9-5-10-21-20-8-4-3-7-18(20)15-22(19)21/h3-5,7-14H,2,6,15H2,1H3. The van der Waals surface area contributed by atoms with E-state index in [0.29, 0.717) is 0 Å². The van der Waals surface area contributed by atoms with Crippen molar-refractivity contribution >= 4 is 0 Å². The molecule has 4 rings (SSSR count). The summed E-state index contributed by atoms with van der Waals surface area (Å²) in [5, 5.41) is 0. The van der Waals surface area contributed by atoms with Gasteiger partial charge in [-0.2, -0.15) is 0 Å². The normalized spacial score (nSPS) is 12.0. The Morgan fingerprint density at radius 2 is 1.45 bits per heavy atom. The lowest BCUT2D eigenvalue weighted by molar-refractivity contribution is 0.922. The highest BCUT2D eigenvalue weighted by Gasteiger charge is 2.20. The lowest BCUT2D eigenvalue weighted by Gasteiger charge is -2.10. The van der Waals surface area contributed by atoms with Gasteiger partial charge in [0.2, 0.25) is 0 Å². The summed E-state index contributed by atoms with van der Waals surface area (Å²) in [6.45, 7) is 2.23. The van der Waals surface area contributed by atoms with Crippen LogP contribution in [0.25, 0.3) is 22.3 Å². The molecule has 3 aromatic rings. The van der Waals surface area contributed by atoms with Crippen LogP contribution in [-0.2, 0) is 12.8 Å². The molecule has 108 valence electrons. The van der Waals surface area contributed by atoms with E-state index in [1.54, 1.807) is 0 Å². The van der Waals surface area contributed by atoms with E-state index in [9.17, 15) is 0 Å². The summed E-state index contributed by atoms with van der Waals surface area (Å²) >= 11 is 0. The van der Waals surface area contributed by atoms with E-state index in [4.69, 9.17) is 0 Å². The monoisotopic (exact) mass is 284 g/mol. The van der Waals surface area contributed by atoms with E-state index in [1.165, 1.54) is 51.8 Å². The van der Waals surface area contributed by atoms with Crippen molar-refractivity contribution in [2.24, 2.45) is 0 Å². The van der Waals surface area contributed by atoms with Crippen LogP contribution in [0.15, 0.2) is 66.7 Å². The molecule has 22 heavy (non-hydrogen) atoms. The molecule has 0 amide bonds. The van der Waals surface area contributed by atoms with Crippen LogP contribution in [-0.4, -0.2) is 0 Å². The zero-order chi connectivity index (χ0) is 14.9. The third-order valence-corrected chi connectivity index (χ3v) is 4.65. The molecule has 0 bridgehead atoms. The van der Waals surface area contributed by atoms with E-state index in [-0.39, 0.29) is 0 Å². The Labute approximate surface area is 132 Å². The van der Waals surface area contributed by atoms with Gasteiger partial charge in [0.1, 0.15) is 0 Å². The summed E-state index contributed by atoms with van der Waals surface area (Å²) < 4.78 is 0. The lowest BCUT2D eigenvalue weighted by atomic mass is 9.95. The minimum absolute atomic E-state index is 1.05. The van der Waals surface area contributed by atoms with Gasteiger partial charge < -0.3 is 0 Å². The molecule has 0 saturated carbocycles. The van der Waals surface area contributed by atoms with Crippen LogP contribution in [0, 0.1) is 0 Å². The molecule has 1 aliphatic carbocycles. The van der Waals surface area contributed by atoms with Gasteiger partial charge in [-0.1, -0.05) is 80.1 Å². The Hall–Kier alpha value is -2.34. The topological polar surface area (TPSA) is 0 Å². The summed E-state index contributed by atoms with van der Waals surface area (Å²) in [6, 6.07) is 24.6. The van der Waals surface area contributed by atoms with Crippen LogP contribution in [0.3, 0.4) is 0 Å². The molecule has 0 fully saturated rings. The van der Waals surface area contributed by atoms with Gasteiger partial charge in [0.15, 0.2) is 0 Å². The first-order valence-corrected chi connectivity index (χ1v) is 8.16. The van der Waals surface area contributed by atoms with Crippen LogP contribution in [0.4, 0.5) is 0 Å². The molecular weight excluding hydrogens is 264 g/mol. The van der Waals surface area contributed by atoms with E-state index in [0.717, 1.165) is 6.42 Å². The Morgan fingerprint density at radius 3 is 2.27 bits per heavy atom. The summed E-state index contributed by atoms with van der Waals surface area (Å²) in [7, 11) is 0. The van der Waals surface area contributed by atoms with Crippen molar-refractivity contribution in [3.05, 3.63) is 83.4 Å². The summed E-state index contributed by atoms with van der Waals surface area (Å²) in [4.78, 5) is 0. The van der Waals surface area contributed by atoms with Gasteiger partial charge in [-0.3, -0.25) is 0 Å². The van der Waals surface area contributed by atoms with Crippen molar-refractivity contribution in [2.75, 3.05) is 0 Å². The second-order valence-corrected chi connectivity index (χ2v) is 6.11. The van der Waals surface area contributed by atoms with Crippen LogP contribution in [0.2, 0.25) is 0 Å². The lowest BCUT2D eigenvalue weighted by Crippen LogP contribution is -1.89. The average molecular weight is 284 g/mol. The van der Waals surface area contributed by atoms with Gasteiger partial charge >= 0.3 is 0 Å². The molecule has 3 aromatic carbocycles. The summed E-state index contributed by atoms with van der Waals surface area (Å²) in [5.74, 6) is 0. The van der Waals surface area contributed by atoms with Crippen molar-refractivity contribution in [3.63, 3.8) is 0 Å². The number of rotatable bonds is 3. The van der Waals surface area contributed by atoms with Crippen LogP contribution in [0.1, 0.15) is 30.0 Å². The maximum absolute atomic E-state index is 2.28. The van der Waals surface area contributed by atoms with Crippen LogP contribution < -0.4 is 0 Å². The minimum Gasteiger partial charge on any atom is -0.0651 e. The number of hydrogen-bond donors (Lipinski definition) is 0. The van der Waals surface area contributed by atoms with Crippen molar-refractivity contribution in [1.29, 1.82) is 0 Å². The molecule has 0 spiro atoms. The van der Waals surface area contributed by atoms with Crippen molar-refractivity contribution in [1.82, 2.24) is 0 Å². The fourth-order valence-corrected chi connectivity index (χ4v) is 3.57. The van der Waals surface area contributed by atoms with E-state index >= 15 is 0 Å². The van der Waals surface area contributed by atoms with Gasteiger partial charge in [-0.05, 0) is 51.8 Å². The van der Waals surface area contributed by atoms with Crippen LogP contribution in [0.5, 0.6) is 0 Å². The molecule has 0 nitrogen and oxygen atoms in total. The van der Waals surface area contributed by atoms with Gasteiger partial charge in [-0.15, -0.1) is 0 Å². The van der Waals surface area contributed by atoms with E-state index in [2.05, 4.69) is 73.7 Å². The molecule has 0 unspecified atom stereocenters. The first-order valence-electron chi connectivity index (χ1n) is 8.16. The van der Waals surface area contributed by atoms with Gasteiger partial charge in [0.05, 0.1) is 0 Å². The molecular formula is C22H20. The molecule has 0 heterocycles. The second-order valence-electron chi connectivity index (χ2n) is 6.11. The van der Waals surface area contributed by atoms with E-state index in [1.807, 2.05) is 0 Å². The third-order valence-electron chi connectivity index (χ3n) is 4.65. The fraction of sp³-hybridized carbons (Fsp3) is 0.182. The zero-order valence-corrected chi connectivity index (χ0v) is 13.0. The van der Waals surface area contributed by atoms with Crippen molar-refractivity contribution in [2.45, 2.75) is 26.2 Å². The SMILES string of the molecule is CCCc1ccc(-c2cccc3c2Cc2ccccc2-3)cc1. The maximum Gasteiger partial charge on any atom is -0.000729 e. The highest BCUT2D eigenvalue weighted by Crippen LogP contribution is 2.41. The maximum atomic E-state index is 2.28. The first kappa shape index (κ1) is 13.3. The zero-order valence-electron chi connectivity index (χ0n) is 13.0. The molecule has 0 heteroatoms. The second kappa shape index (κ2) is 5.46. The molecule has 0 aromatic heterocycles. The third kappa shape index (κ3) is 2.16. The molecule has 1 aliphatic rings. The van der Waals surface area contributed by atoms with Gasteiger partial charge in [0, 0.05) is 0 Å². The highest BCUT2D eigenvalue weighted by atomic mass is 14.2. The Balaban J connectivity index is 1.79. The fourth-order valence-electron chi connectivity index (χ4n) is 3.57. The molecule has 0 aliphatic heterocycles. The highest BCUT2D eigenvalue weighted by molar-refractivity contribution is 5.84. The number of fused-ring (bicyclic) bond motifs is 3. The Bertz CT molecular complexity index is 810. The van der Waals surface area contributed by atoms with Crippen LogP contribution >= 0.6 is 0 Å². The number of hydrogen-bond acceptors (Lipinski definition) is 0. The molecule has 0 saturated heterocycles. The van der Waals surface area contributed by atoms with Crippen molar-refractivity contribution < 1.29 is 0 Å². The smallest absolute Gasteiger partial charge is 0.000729 e.